The Morgan fingerprint density at radius 2 is 1.95 bits per heavy atom. The maximum atomic E-state index is 6.01. The summed E-state index contributed by atoms with van der Waals surface area (Å²) in [5.74, 6) is 0. The Bertz CT molecular complexity index is 605. The second kappa shape index (κ2) is 7.05. The molecular weight excluding hydrogens is 278 g/mol. The van der Waals surface area contributed by atoms with Gasteiger partial charge in [0.15, 0.2) is 0 Å². The molecule has 0 saturated heterocycles. The van der Waals surface area contributed by atoms with Crippen molar-refractivity contribution >= 4 is 11.8 Å². The first-order chi connectivity index (χ1) is 9.97. The predicted molar refractivity (Wildman–Crippen MR) is 88.8 cm³/mol. The average Bonchev–Trinajstić information content (AvgIpc) is 2.40. The van der Waals surface area contributed by atoms with Gasteiger partial charge >= 0.3 is 0 Å². The third-order valence-corrected chi connectivity index (χ3v) is 4.42. The van der Waals surface area contributed by atoms with E-state index in [1.807, 2.05) is 13.1 Å². The molecule has 2 N–H and O–H groups in total. The first-order valence-electron chi connectivity index (χ1n) is 7.32. The Balaban J connectivity index is 2.17. The van der Waals surface area contributed by atoms with Crippen molar-refractivity contribution in [2.24, 2.45) is 5.73 Å². The van der Waals surface area contributed by atoms with Gasteiger partial charge in [-0.05, 0) is 74.2 Å². The lowest BCUT2D eigenvalue weighted by atomic mass is 10.1. The summed E-state index contributed by atoms with van der Waals surface area (Å²) in [5.41, 5.74) is 10.7. The molecule has 0 saturated carbocycles. The number of aromatic nitrogens is 2. The molecule has 2 aromatic rings. The molecule has 0 aliphatic heterocycles. The van der Waals surface area contributed by atoms with Crippen LogP contribution in [-0.2, 0) is 6.42 Å². The van der Waals surface area contributed by atoms with Gasteiger partial charge in [0.1, 0.15) is 10.1 Å². The fourth-order valence-corrected chi connectivity index (χ4v) is 3.20. The first-order valence-corrected chi connectivity index (χ1v) is 8.13. The summed E-state index contributed by atoms with van der Waals surface area (Å²) in [6.07, 6.45) is 3.81. The molecule has 0 aliphatic rings. The second-order valence-corrected chi connectivity index (χ2v) is 6.57. The molecule has 2 aromatic heterocycles. The van der Waals surface area contributed by atoms with E-state index in [9.17, 15) is 0 Å². The highest BCUT2D eigenvalue weighted by atomic mass is 32.2. The Morgan fingerprint density at radius 1 is 1.19 bits per heavy atom. The quantitative estimate of drug-likeness (QED) is 0.912. The van der Waals surface area contributed by atoms with Crippen LogP contribution in [0.5, 0.6) is 0 Å². The maximum Gasteiger partial charge on any atom is 0.105 e. The van der Waals surface area contributed by atoms with Crippen LogP contribution < -0.4 is 5.73 Å². The zero-order chi connectivity index (χ0) is 15.4. The molecule has 0 aliphatic carbocycles. The maximum absolute atomic E-state index is 6.01. The number of hydrogen-bond donors (Lipinski definition) is 1. The van der Waals surface area contributed by atoms with Crippen LogP contribution in [0.15, 0.2) is 34.4 Å². The number of pyridine rings is 2. The normalized spacial score (nSPS) is 12.4. The number of nitrogens with two attached hydrogens (primary N) is 1. The minimum absolute atomic E-state index is 0.214. The van der Waals surface area contributed by atoms with Gasteiger partial charge < -0.3 is 5.73 Å². The van der Waals surface area contributed by atoms with Gasteiger partial charge in [-0.2, -0.15) is 0 Å². The van der Waals surface area contributed by atoms with Crippen molar-refractivity contribution in [3.05, 3.63) is 46.8 Å². The van der Waals surface area contributed by atoms with E-state index in [0.717, 1.165) is 28.6 Å². The minimum Gasteiger partial charge on any atom is -0.327 e. The van der Waals surface area contributed by atoms with Gasteiger partial charge in [0.05, 0.1) is 0 Å². The van der Waals surface area contributed by atoms with E-state index in [4.69, 9.17) is 5.73 Å². The van der Waals surface area contributed by atoms with Crippen molar-refractivity contribution < 1.29 is 0 Å². The van der Waals surface area contributed by atoms with E-state index in [-0.39, 0.29) is 6.04 Å². The van der Waals surface area contributed by atoms with Crippen LogP contribution in [0.1, 0.15) is 35.7 Å². The minimum atomic E-state index is 0.214. The SMILES string of the molecule is CCC(N)Cc1cnc(Sc2cc(C)cc(C)n2)c(C)c1. The molecule has 0 radical (unpaired) electrons. The fourth-order valence-electron chi connectivity index (χ4n) is 2.24. The molecule has 0 amide bonds. The predicted octanol–water partition coefficient (Wildman–Crippen LogP) is 3.83. The van der Waals surface area contributed by atoms with Crippen molar-refractivity contribution in [2.45, 2.75) is 56.6 Å². The van der Waals surface area contributed by atoms with E-state index in [1.165, 1.54) is 16.7 Å². The molecule has 0 spiro atoms. The third kappa shape index (κ3) is 4.55. The number of aryl methyl sites for hydroxylation is 3. The molecule has 0 fully saturated rings. The standard InChI is InChI=1S/C17H23N3S/c1-5-15(18)9-14-8-12(3)17(19-10-14)21-16-7-11(2)6-13(4)20-16/h6-8,10,15H,5,9,18H2,1-4H3. The summed E-state index contributed by atoms with van der Waals surface area (Å²) >= 11 is 1.62. The molecular formula is C17H23N3S. The largest absolute Gasteiger partial charge is 0.327 e. The zero-order valence-electron chi connectivity index (χ0n) is 13.2. The second-order valence-electron chi connectivity index (χ2n) is 5.56. The van der Waals surface area contributed by atoms with Crippen molar-refractivity contribution in [1.29, 1.82) is 0 Å². The van der Waals surface area contributed by atoms with Gasteiger partial charge in [-0.25, -0.2) is 9.97 Å². The van der Waals surface area contributed by atoms with Crippen LogP contribution in [0.3, 0.4) is 0 Å². The van der Waals surface area contributed by atoms with E-state index in [1.54, 1.807) is 11.8 Å². The van der Waals surface area contributed by atoms with E-state index in [0.29, 0.717) is 0 Å². The van der Waals surface area contributed by atoms with Gasteiger partial charge in [0, 0.05) is 17.9 Å². The smallest absolute Gasteiger partial charge is 0.105 e. The van der Waals surface area contributed by atoms with Crippen LogP contribution >= 0.6 is 11.8 Å². The number of rotatable bonds is 5. The summed E-state index contributed by atoms with van der Waals surface area (Å²) in [7, 11) is 0. The lowest BCUT2D eigenvalue weighted by molar-refractivity contribution is 0.644. The number of hydrogen-bond acceptors (Lipinski definition) is 4. The fraction of sp³-hybridized carbons (Fsp3) is 0.412. The highest BCUT2D eigenvalue weighted by Crippen LogP contribution is 2.28. The van der Waals surface area contributed by atoms with Crippen molar-refractivity contribution in [3.8, 4) is 0 Å². The monoisotopic (exact) mass is 301 g/mol. The summed E-state index contributed by atoms with van der Waals surface area (Å²) in [6.45, 7) is 8.32. The Morgan fingerprint density at radius 3 is 2.57 bits per heavy atom. The molecule has 1 unspecified atom stereocenters. The Kier molecular flexibility index (Phi) is 5.37. The molecule has 4 heteroatoms. The van der Waals surface area contributed by atoms with Crippen LogP contribution in [0.2, 0.25) is 0 Å². The molecule has 21 heavy (non-hydrogen) atoms. The van der Waals surface area contributed by atoms with E-state index >= 15 is 0 Å². The van der Waals surface area contributed by atoms with Gasteiger partial charge in [-0.3, -0.25) is 0 Å². The summed E-state index contributed by atoms with van der Waals surface area (Å²) in [5, 5.41) is 2.02. The average molecular weight is 301 g/mol. The van der Waals surface area contributed by atoms with Crippen molar-refractivity contribution in [2.75, 3.05) is 0 Å². The highest BCUT2D eigenvalue weighted by molar-refractivity contribution is 7.99. The molecule has 0 bridgehead atoms. The van der Waals surface area contributed by atoms with Crippen LogP contribution in [0, 0.1) is 20.8 Å². The van der Waals surface area contributed by atoms with E-state index in [2.05, 4.69) is 48.9 Å². The Hall–Kier alpha value is -1.39. The van der Waals surface area contributed by atoms with Crippen LogP contribution in [0.25, 0.3) is 0 Å². The molecule has 2 rings (SSSR count). The Labute approximate surface area is 131 Å². The molecule has 112 valence electrons. The number of nitrogens with zero attached hydrogens (tertiary/aromatic N) is 2. The summed E-state index contributed by atoms with van der Waals surface area (Å²) < 4.78 is 0. The van der Waals surface area contributed by atoms with Gasteiger partial charge in [0.2, 0.25) is 0 Å². The lowest BCUT2D eigenvalue weighted by Crippen LogP contribution is -2.21. The zero-order valence-corrected chi connectivity index (χ0v) is 14.0. The third-order valence-electron chi connectivity index (χ3n) is 3.38. The summed E-state index contributed by atoms with van der Waals surface area (Å²) in [6, 6.07) is 6.58. The molecule has 2 heterocycles. The van der Waals surface area contributed by atoms with Crippen LogP contribution in [0.4, 0.5) is 0 Å². The summed E-state index contributed by atoms with van der Waals surface area (Å²) in [4.78, 5) is 9.15. The van der Waals surface area contributed by atoms with Crippen molar-refractivity contribution in [3.63, 3.8) is 0 Å². The molecule has 3 nitrogen and oxygen atoms in total. The topological polar surface area (TPSA) is 51.8 Å². The van der Waals surface area contributed by atoms with Crippen LogP contribution in [-0.4, -0.2) is 16.0 Å². The first kappa shape index (κ1) is 16.0. The lowest BCUT2D eigenvalue weighted by Gasteiger charge is -2.11. The van der Waals surface area contributed by atoms with Gasteiger partial charge in [-0.1, -0.05) is 13.0 Å². The molecule has 0 aromatic carbocycles. The van der Waals surface area contributed by atoms with Gasteiger partial charge in [0.25, 0.3) is 0 Å². The van der Waals surface area contributed by atoms with E-state index < -0.39 is 0 Å². The van der Waals surface area contributed by atoms with Crippen molar-refractivity contribution in [1.82, 2.24) is 9.97 Å². The van der Waals surface area contributed by atoms with Gasteiger partial charge in [-0.15, -0.1) is 0 Å². The molecule has 1 atom stereocenters. The highest BCUT2D eigenvalue weighted by Gasteiger charge is 2.08.